The second-order valence-electron chi connectivity index (χ2n) is 9.72. The summed E-state index contributed by atoms with van der Waals surface area (Å²) in [5.74, 6) is -0.224. The van der Waals surface area contributed by atoms with E-state index in [0.29, 0.717) is 32.0 Å². The number of aromatic nitrogens is 1. The van der Waals surface area contributed by atoms with Crippen LogP contribution in [0.5, 0.6) is 5.75 Å². The molecular weight excluding hydrogens is 538 g/mol. The number of benzene rings is 3. The summed E-state index contributed by atoms with van der Waals surface area (Å²) in [6.45, 7) is 5.21. The molecule has 5 rings (SSSR count). The molecule has 1 aliphatic rings. The lowest BCUT2D eigenvalue weighted by Gasteiger charge is -2.25. The minimum atomic E-state index is -0.654. The smallest absolute Gasteiger partial charge is 0.338 e. The van der Waals surface area contributed by atoms with Crippen molar-refractivity contribution in [3.8, 4) is 5.75 Å². The zero-order chi connectivity index (χ0) is 28.9. The first kappa shape index (κ1) is 27.8. The van der Waals surface area contributed by atoms with E-state index in [-0.39, 0.29) is 24.2 Å². The van der Waals surface area contributed by atoms with Gasteiger partial charge in [-0.15, -0.1) is 0 Å². The maximum absolute atomic E-state index is 13.7. The molecule has 1 aromatic heterocycles. The topological polar surface area (TPSA) is 99.0 Å². The van der Waals surface area contributed by atoms with Crippen molar-refractivity contribution in [1.29, 1.82) is 0 Å². The first-order valence-electron chi connectivity index (χ1n) is 13.2. The van der Waals surface area contributed by atoms with Gasteiger partial charge in [-0.1, -0.05) is 72.0 Å². The molecular formula is C32H29N3O5S. The van der Waals surface area contributed by atoms with Gasteiger partial charge in [-0.2, -0.15) is 0 Å². The van der Waals surface area contributed by atoms with Gasteiger partial charge >= 0.3 is 5.97 Å². The Labute approximate surface area is 240 Å². The lowest BCUT2D eigenvalue weighted by atomic mass is 9.96. The number of para-hydroxylation sites is 1. The molecule has 208 valence electrons. The van der Waals surface area contributed by atoms with Crippen LogP contribution in [0.3, 0.4) is 0 Å². The SMILES string of the molecule is CC1=C(C(=O)OC(C)C)C(c2ccccc2)n2c(sc(=Cc3ccc(OCC(=O)Nc4ccccc4)cc3)c2=O)=N1. The monoisotopic (exact) mass is 567 g/mol. The highest BCUT2D eigenvalue weighted by Crippen LogP contribution is 2.30. The van der Waals surface area contributed by atoms with Crippen LogP contribution < -0.4 is 24.9 Å². The quantitative estimate of drug-likeness (QED) is 0.322. The summed E-state index contributed by atoms with van der Waals surface area (Å²) in [5, 5.41) is 2.78. The summed E-state index contributed by atoms with van der Waals surface area (Å²) in [5.41, 5.74) is 2.90. The second-order valence-corrected chi connectivity index (χ2v) is 10.7. The van der Waals surface area contributed by atoms with Crippen LogP contribution >= 0.6 is 11.3 Å². The minimum Gasteiger partial charge on any atom is -0.484 e. The Morgan fingerprint density at radius 1 is 1.00 bits per heavy atom. The first-order valence-corrected chi connectivity index (χ1v) is 14.0. The number of anilines is 1. The number of ether oxygens (including phenoxy) is 2. The van der Waals surface area contributed by atoms with E-state index in [2.05, 4.69) is 10.3 Å². The van der Waals surface area contributed by atoms with E-state index in [1.807, 2.05) is 60.7 Å². The van der Waals surface area contributed by atoms with Gasteiger partial charge in [0.1, 0.15) is 5.75 Å². The largest absolute Gasteiger partial charge is 0.484 e. The third-order valence-electron chi connectivity index (χ3n) is 6.30. The van der Waals surface area contributed by atoms with Gasteiger partial charge in [0.25, 0.3) is 11.5 Å². The van der Waals surface area contributed by atoms with Crippen molar-refractivity contribution in [2.75, 3.05) is 11.9 Å². The van der Waals surface area contributed by atoms with Crippen LogP contribution in [-0.4, -0.2) is 29.2 Å². The van der Waals surface area contributed by atoms with E-state index < -0.39 is 12.0 Å². The Hall–Kier alpha value is -4.76. The zero-order valence-corrected chi connectivity index (χ0v) is 23.7. The van der Waals surface area contributed by atoms with Gasteiger partial charge in [-0.25, -0.2) is 9.79 Å². The van der Waals surface area contributed by atoms with Gasteiger partial charge in [-0.3, -0.25) is 14.2 Å². The second kappa shape index (κ2) is 12.2. The zero-order valence-electron chi connectivity index (χ0n) is 22.9. The number of nitrogens with zero attached hydrogens (tertiary/aromatic N) is 2. The molecule has 41 heavy (non-hydrogen) atoms. The minimum absolute atomic E-state index is 0.132. The third kappa shape index (κ3) is 6.36. The highest BCUT2D eigenvalue weighted by molar-refractivity contribution is 7.07. The Morgan fingerprint density at radius 2 is 1.66 bits per heavy atom. The summed E-state index contributed by atoms with van der Waals surface area (Å²) >= 11 is 1.26. The van der Waals surface area contributed by atoms with E-state index in [0.717, 1.165) is 11.1 Å². The molecule has 1 amide bonds. The number of esters is 1. The Balaban J connectivity index is 1.41. The lowest BCUT2D eigenvalue weighted by Crippen LogP contribution is -2.40. The molecule has 0 saturated heterocycles. The summed E-state index contributed by atoms with van der Waals surface area (Å²) < 4.78 is 13.2. The highest BCUT2D eigenvalue weighted by Gasteiger charge is 2.33. The molecule has 1 N–H and O–H groups in total. The molecule has 9 heteroatoms. The maximum Gasteiger partial charge on any atom is 0.338 e. The first-order chi connectivity index (χ1) is 19.8. The molecule has 0 saturated carbocycles. The van der Waals surface area contributed by atoms with Gasteiger partial charge in [0.15, 0.2) is 11.4 Å². The van der Waals surface area contributed by atoms with E-state index >= 15 is 0 Å². The van der Waals surface area contributed by atoms with E-state index in [4.69, 9.17) is 9.47 Å². The van der Waals surface area contributed by atoms with Crippen LogP contribution in [0, 0.1) is 0 Å². The highest BCUT2D eigenvalue weighted by atomic mass is 32.1. The molecule has 4 aromatic rings. The number of carbonyl (C=O) groups is 2. The van der Waals surface area contributed by atoms with Crippen molar-refractivity contribution >= 4 is 35.0 Å². The number of rotatable bonds is 8. The molecule has 0 aliphatic carbocycles. The fourth-order valence-electron chi connectivity index (χ4n) is 4.49. The van der Waals surface area contributed by atoms with Crippen LogP contribution in [0.1, 0.15) is 37.9 Å². The number of hydrogen-bond donors (Lipinski definition) is 1. The van der Waals surface area contributed by atoms with Gasteiger partial charge in [0.2, 0.25) is 0 Å². The van der Waals surface area contributed by atoms with Gasteiger partial charge in [0.05, 0.1) is 27.9 Å². The number of nitrogens with one attached hydrogen (secondary N) is 1. The molecule has 0 fully saturated rings. The molecule has 1 unspecified atom stereocenters. The van der Waals surface area contributed by atoms with Crippen LogP contribution in [0.4, 0.5) is 5.69 Å². The predicted molar refractivity (Wildman–Crippen MR) is 158 cm³/mol. The molecule has 0 spiro atoms. The number of amides is 1. The van der Waals surface area contributed by atoms with Crippen LogP contribution in [0.15, 0.2) is 106 Å². The van der Waals surface area contributed by atoms with Gasteiger partial charge in [-0.05, 0) is 62.2 Å². The normalized spacial score (nSPS) is 14.8. The van der Waals surface area contributed by atoms with E-state index in [1.165, 1.54) is 11.3 Å². The van der Waals surface area contributed by atoms with Crippen LogP contribution in [0.25, 0.3) is 6.08 Å². The fraction of sp³-hybridized carbons (Fsp3) is 0.188. The fourth-order valence-corrected chi connectivity index (χ4v) is 5.54. The number of hydrogen-bond acceptors (Lipinski definition) is 7. The standard InChI is InChI=1S/C32H29N3O5S/c1-20(2)40-31(38)28-21(3)33-32-35(29(28)23-10-6-4-7-11-23)30(37)26(41-32)18-22-14-16-25(17-15-22)39-19-27(36)34-24-12-8-5-9-13-24/h4-18,20,29H,19H2,1-3H3,(H,34,36). The number of fused-ring (bicyclic) bond motifs is 1. The number of thiazole rings is 1. The molecule has 8 nitrogen and oxygen atoms in total. The van der Waals surface area contributed by atoms with Crippen molar-refractivity contribution in [3.63, 3.8) is 0 Å². The Bertz CT molecular complexity index is 1770. The summed E-state index contributed by atoms with van der Waals surface area (Å²) in [6, 6.07) is 25.1. The molecule has 2 heterocycles. The molecule has 1 atom stereocenters. The van der Waals surface area contributed by atoms with E-state index in [1.54, 1.807) is 55.7 Å². The van der Waals surface area contributed by atoms with E-state index in [9.17, 15) is 14.4 Å². The molecule has 3 aromatic carbocycles. The van der Waals surface area contributed by atoms with Crippen LogP contribution in [-0.2, 0) is 14.3 Å². The average molecular weight is 568 g/mol. The van der Waals surface area contributed by atoms with Crippen molar-refractivity contribution in [2.24, 2.45) is 4.99 Å². The number of carbonyl (C=O) groups excluding carboxylic acids is 2. The van der Waals surface area contributed by atoms with Crippen LogP contribution in [0.2, 0.25) is 0 Å². The van der Waals surface area contributed by atoms with Gasteiger partial charge < -0.3 is 14.8 Å². The summed E-state index contributed by atoms with van der Waals surface area (Å²) in [7, 11) is 0. The van der Waals surface area contributed by atoms with Crippen molar-refractivity contribution in [3.05, 3.63) is 127 Å². The average Bonchev–Trinajstić information content (AvgIpc) is 3.26. The Kier molecular flexibility index (Phi) is 8.26. The molecule has 0 radical (unpaired) electrons. The van der Waals surface area contributed by atoms with Crippen molar-refractivity contribution in [2.45, 2.75) is 32.9 Å². The Morgan fingerprint density at radius 3 is 2.32 bits per heavy atom. The predicted octanol–water partition coefficient (Wildman–Crippen LogP) is 4.20. The third-order valence-corrected chi connectivity index (χ3v) is 7.29. The molecule has 1 aliphatic heterocycles. The molecule has 0 bridgehead atoms. The lowest BCUT2D eigenvalue weighted by molar-refractivity contribution is -0.143. The van der Waals surface area contributed by atoms with Crippen molar-refractivity contribution < 1.29 is 19.1 Å². The summed E-state index contributed by atoms with van der Waals surface area (Å²) in [6.07, 6.45) is 1.47. The van der Waals surface area contributed by atoms with Crippen molar-refractivity contribution in [1.82, 2.24) is 4.57 Å². The number of allylic oxidation sites excluding steroid dienone is 1. The van der Waals surface area contributed by atoms with Gasteiger partial charge in [0, 0.05) is 5.69 Å². The maximum atomic E-state index is 13.7. The summed E-state index contributed by atoms with van der Waals surface area (Å²) in [4.78, 5) is 44.2.